The molecule has 0 unspecified atom stereocenters. The summed E-state index contributed by atoms with van der Waals surface area (Å²) in [5.74, 6) is 0.825. The zero-order chi connectivity index (χ0) is 11.5. The van der Waals surface area contributed by atoms with Crippen LogP contribution < -0.4 is 4.90 Å². The Labute approximate surface area is 99.7 Å². The number of hydrogen-bond donors (Lipinski definition) is 0. The lowest BCUT2D eigenvalue weighted by Gasteiger charge is -2.15. The van der Waals surface area contributed by atoms with Gasteiger partial charge in [0.25, 0.3) is 0 Å². The summed E-state index contributed by atoms with van der Waals surface area (Å²) in [5.41, 5.74) is 2.07. The number of hydrogen-bond acceptors (Lipinski definition) is 3. The van der Waals surface area contributed by atoms with E-state index in [1.54, 1.807) is 6.20 Å². The Morgan fingerprint density at radius 2 is 1.81 bits per heavy atom. The summed E-state index contributed by atoms with van der Waals surface area (Å²) >= 11 is 5.80. The van der Waals surface area contributed by atoms with Gasteiger partial charge in [-0.2, -0.15) is 4.98 Å². The molecule has 16 heavy (non-hydrogen) atoms. The normalized spacial score (nSPS) is 10.2. The number of rotatable bonds is 2. The van der Waals surface area contributed by atoms with Crippen LogP contribution in [0.3, 0.4) is 0 Å². The molecule has 2 aromatic rings. The molecule has 4 heteroatoms. The van der Waals surface area contributed by atoms with Crippen molar-refractivity contribution >= 4 is 17.4 Å². The fraction of sp³-hybridized carbons (Fsp3) is 0.167. The molecule has 0 saturated carbocycles. The lowest BCUT2D eigenvalue weighted by Crippen LogP contribution is -2.12. The van der Waals surface area contributed by atoms with Gasteiger partial charge in [0.05, 0.1) is 0 Å². The van der Waals surface area contributed by atoms with Crippen molar-refractivity contribution in [2.45, 2.75) is 0 Å². The van der Waals surface area contributed by atoms with Crippen LogP contribution in [0.25, 0.3) is 11.1 Å². The standard InChI is InChI=1S/C12H12ClN3/c1-16(2)11-10(8-14-12(13)15-11)9-6-4-3-5-7-9/h3-8H,1-2H3. The van der Waals surface area contributed by atoms with Crippen molar-refractivity contribution in [2.75, 3.05) is 19.0 Å². The molecule has 1 aromatic carbocycles. The van der Waals surface area contributed by atoms with Gasteiger partial charge in [-0.1, -0.05) is 30.3 Å². The maximum atomic E-state index is 5.80. The highest BCUT2D eigenvalue weighted by Gasteiger charge is 2.09. The van der Waals surface area contributed by atoms with Crippen LogP contribution in [0.5, 0.6) is 0 Å². The molecular formula is C12H12ClN3. The first-order valence-corrected chi connectivity index (χ1v) is 5.31. The fourth-order valence-electron chi connectivity index (χ4n) is 1.51. The second kappa shape index (κ2) is 4.49. The third-order valence-corrected chi connectivity index (χ3v) is 2.43. The Morgan fingerprint density at radius 1 is 1.12 bits per heavy atom. The van der Waals surface area contributed by atoms with Crippen molar-refractivity contribution in [1.82, 2.24) is 9.97 Å². The van der Waals surface area contributed by atoms with Crippen molar-refractivity contribution in [1.29, 1.82) is 0 Å². The molecule has 1 heterocycles. The van der Waals surface area contributed by atoms with E-state index >= 15 is 0 Å². The summed E-state index contributed by atoms with van der Waals surface area (Å²) in [5, 5.41) is 0.267. The van der Waals surface area contributed by atoms with E-state index in [1.807, 2.05) is 49.3 Å². The van der Waals surface area contributed by atoms with Crippen LogP contribution in [-0.2, 0) is 0 Å². The Balaban J connectivity index is 2.57. The minimum absolute atomic E-state index is 0.267. The SMILES string of the molecule is CN(C)c1nc(Cl)ncc1-c1ccccc1. The molecule has 0 fully saturated rings. The molecule has 0 aliphatic rings. The van der Waals surface area contributed by atoms with E-state index in [0.29, 0.717) is 0 Å². The molecule has 1 aromatic heterocycles. The summed E-state index contributed by atoms with van der Waals surface area (Å²) in [4.78, 5) is 10.2. The second-order valence-electron chi connectivity index (χ2n) is 3.64. The quantitative estimate of drug-likeness (QED) is 0.747. The minimum atomic E-state index is 0.267. The van der Waals surface area contributed by atoms with Crippen LogP contribution in [0, 0.1) is 0 Å². The van der Waals surface area contributed by atoms with Gasteiger partial charge in [0.1, 0.15) is 5.82 Å². The van der Waals surface area contributed by atoms with Gasteiger partial charge in [-0.3, -0.25) is 0 Å². The zero-order valence-electron chi connectivity index (χ0n) is 9.18. The average Bonchev–Trinajstić information content (AvgIpc) is 2.30. The Hall–Kier alpha value is -1.61. The van der Waals surface area contributed by atoms with Gasteiger partial charge in [-0.15, -0.1) is 0 Å². The van der Waals surface area contributed by atoms with E-state index < -0.39 is 0 Å². The molecule has 0 atom stereocenters. The predicted molar refractivity (Wildman–Crippen MR) is 66.8 cm³/mol. The van der Waals surface area contributed by atoms with Crippen molar-refractivity contribution < 1.29 is 0 Å². The molecule has 0 aliphatic carbocycles. The molecular weight excluding hydrogens is 222 g/mol. The summed E-state index contributed by atoms with van der Waals surface area (Å²) in [7, 11) is 3.87. The minimum Gasteiger partial charge on any atom is -0.362 e. The highest BCUT2D eigenvalue weighted by Crippen LogP contribution is 2.27. The number of anilines is 1. The van der Waals surface area contributed by atoms with Crippen LogP contribution in [-0.4, -0.2) is 24.1 Å². The first-order chi connectivity index (χ1) is 7.68. The molecule has 3 nitrogen and oxygen atoms in total. The van der Waals surface area contributed by atoms with Gasteiger partial charge in [0, 0.05) is 25.9 Å². The van der Waals surface area contributed by atoms with E-state index in [2.05, 4.69) is 9.97 Å². The highest BCUT2D eigenvalue weighted by atomic mass is 35.5. The van der Waals surface area contributed by atoms with Crippen LogP contribution in [0.4, 0.5) is 5.82 Å². The Kier molecular flexibility index (Phi) is 3.06. The van der Waals surface area contributed by atoms with Gasteiger partial charge < -0.3 is 4.90 Å². The topological polar surface area (TPSA) is 29.0 Å². The monoisotopic (exact) mass is 233 g/mol. The Bertz CT molecular complexity index is 483. The number of benzene rings is 1. The first kappa shape index (κ1) is 10.9. The molecule has 0 radical (unpaired) electrons. The van der Waals surface area contributed by atoms with E-state index in [0.717, 1.165) is 16.9 Å². The third-order valence-electron chi connectivity index (χ3n) is 2.25. The van der Waals surface area contributed by atoms with Crippen LogP contribution >= 0.6 is 11.6 Å². The van der Waals surface area contributed by atoms with E-state index in [9.17, 15) is 0 Å². The lowest BCUT2D eigenvalue weighted by molar-refractivity contribution is 1.04. The van der Waals surface area contributed by atoms with Crippen LogP contribution in [0.2, 0.25) is 5.28 Å². The van der Waals surface area contributed by atoms with E-state index in [-0.39, 0.29) is 5.28 Å². The molecule has 0 aliphatic heterocycles. The van der Waals surface area contributed by atoms with Crippen LogP contribution in [0.1, 0.15) is 0 Å². The van der Waals surface area contributed by atoms with Gasteiger partial charge in [0.15, 0.2) is 0 Å². The number of aromatic nitrogens is 2. The highest BCUT2D eigenvalue weighted by molar-refractivity contribution is 6.28. The predicted octanol–water partition coefficient (Wildman–Crippen LogP) is 2.86. The van der Waals surface area contributed by atoms with Crippen molar-refractivity contribution in [3.05, 3.63) is 41.8 Å². The van der Waals surface area contributed by atoms with Crippen molar-refractivity contribution in [3.63, 3.8) is 0 Å². The summed E-state index contributed by atoms with van der Waals surface area (Å²) in [6, 6.07) is 10.0. The second-order valence-corrected chi connectivity index (χ2v) is 3.97. The fourth-order valence-corrected chi connectivity index (χ4v) is 1.64. The summed E-state index contributed by atoms with van der Waals surface area (Å²) < 4.78 is 0. The van der Waals surface area contributed by atoms with E-state index in [4.69, 9.17) is 11.6 Å². The molecule has 0 bridgehead atoms. The van der Waals surface area contributed by atoms with Gasteiger partial charge in [-0.05, 0) is 17.2 Å². The Morgan fingerprint density at radius 3 is 2.44 bits per heavy atom. The third kappa shape index (κ3) is 2.14. The molecule has 2 rings (SSSR count). The van der Waals surface area contributed by atoms with Crippen molar-refractivity contribution in [2.24, 2.45) is 0 Å². The molecule has 0 amide bonds. The maximum Gasteiger partial charge on any atom is 0.224 e. The van der Waals surface area contributed by atoms with Gasteiger partial charge >= 0.3 is 0 Å². The molecule has 0 spiro atoms. The smallest absolute Gasteiger partial charge is 0.224 e. The first-order valence-electron chi connectivity index (χ1n) is 4.94. The largest absolute Gasteiger partial charge is 0.362 e. The summed E-state index contributed by atoms with van der Waals surface area (Å²) in [6.45, 7) is 0. The number of nitrogens with zero attached hydrogens (tertiary/aromatic N) is 3. The number of halogens is 1. The van der Waals surface area contributed by atoms with Gasteiger partial charge in [0.2, 0.25) is 5.28 Å². The summed E-state index contributed by atoms with van der Waals surface area (Å²) in [6.07, 6.45) is 1.75. The molecule has 0 saturated heterocycles. The molecule has 82 valence electrons. The van der Waals surface area contributed by atoms with E-state index in [1.165, 1.54) is 0 Å². The van der Waals surface area contributed by atoms with Crippen molar-refractivity contribution in [3.8, 4) is 11.1 Å². The average molecular weight is 234 g/mol. The molecule has 0 N–H and O–H groups in total. The van der Waals surface area contributed by atoms with Crippen LogP contribution in [0.15, 0.2) is 36.5 Å². The maximum absolute atomic E-state index is 5.80. The lowest BCUT2D eigenvalue weighted by atomic mass is 10.1. The zero-order valence-corrected chi connectivity index (χ0v) is 9.94. The van der Waals surface area contributed by atoms with Gasteiger partial charge in [-0.25, -0.2) is 4.98 Å².